The fraction of sp³-hybridized carbons (Fsp3) is 0.550. The lowest BCUT2D eigenvalue weighted by Crippen LogP contribution is -2.19. The highest BCUT2D eigenvalue weighted by Crippen LogP contribution is 2.44. The van der Waals surface area contributed by atoms with Crippen molar-refractivity contribution in [1.29, 1.82) is 0 Å². The minimum atomic E-state index is -0.878. The van der Waals surface area contributed by atoms with E-state index >= 15 is 0 Å². The number of carboxylic acids is 1. The van der Waals surface area contributed by atoms with Gasteiger partial charge in [-0.3, -0.25) is 0 Å². The van der Waals surface area contributed by atoms with E-state index in [0.717, 1.165) is 5.57 Å². The zero-order valence-corrected chi connectivity index (χ0v) is 14.2. The summed E-state index contributed by atoms with van der Waals surface area (Å²) >= 11 is 0. The first-order chi connectivity index (χ1) is 10.3. The molecule has 22 heavy (non-hydrogen) atoms. The molecule has 2 nitrogen and oxygen atoms in total. The number of carboxylic acid groups (broad SMARTS) is 1. The quantitative estimate of drug-likeness (QED) is 0.553. The molecule has 0 aromatic heterocycles. The van der Waals surface area contributed by atoms with Crippen LogP contribution in [0.3, 0.4) is 0 Å². The molecule has 2 rings (SSSR count). The zero-order valence-electron chi connectivity index (χ0n) is 14.2. The van der Waals surface area contributed by atoms with Gasteiger partial charge in [-0.25, -0.2) is 4.79 Å². The maximum absolute atomic E-state index is 10.6. The lowest BCUT2D eigenvalue weighted by molar-refractivity contribution is -0.131. The van der Waals surface area contributed by atoms with Crippen LogP contribution in [0, 0.1) is 17.3 Å². The Balaban J connectivity index is 1.94. The van der Waals surface area contributed by atoms with E-state index in [1.165, 1.54) is 37.3 Å². The van der Waals surface area contributed by atoms with Crippen LogP contribution in [0.15, 0.2) is 47.1 Å². The van der Waals surface area contributed by atoms with Crippen molar-refractivity contribution in [2.24, 2.45) is 17.3 Å². The molecule has 0 bridgehead atoms. The van der Waals surface area contributed by atoms with E-state index in [1.807, 2.05) is 13.0 Å². The maximum atomic E-state index is 10.6. The molecule has 0 heterocycles. The van der Waals surface area contributed by atoms with Gasteiger partial charge < -0.3 is 5.11 Å². The van der Waals surface area contributed by atoms with Crippen molar-refractivity contribution in [3.05, 3.63) is 47.1 Å². The van der Waals surface area contributed by atoms with Crippen LogP contribution in [0.1, 0.15) is 53.4 Å². The smallest absolute Gasteiger partial charge is 0.328 e. The summed E-state index contributed by atoms with van der Waals surface area (Å²) in [5.41, 5.74) is 4.17. The average Bonchev–Trinajstić information content (AvgIpc) is 3.13. The fourth-order valence-electron chi connectivity index (χ4n) is 3.43. The Morgan fingerprint density at radius 1 is 1.27 bits per heavy atom. The Kier molecular flexibility index (Phi) is 5.10. The molecular weight excluding hydrogens is 272 g/mol. The summed E-state index contributed by atoms with van der Waals surface area (Å²) in [4.78, 5) is 10.6. The standard InChI is InChI=1S/C20H28O2/c1-14(12-19(21)22)7-8-16-13-17(16)9-10-18-15(2)6-5-11-20(18,3)4/h7-10,12,16-17H,5-6,11,13H2,1-4H3,(H,21,22)/b8-7+,10-9+,14-12+/t16-,17+/m1/s1. The number of aliphatic carboxylic acids is 1. The molecule has 0 spiro atoms. The summed E-state index contributed by atoms with van der Waals surface area (Å²) in [7, 11) is 0. The molecule has 0 aromatic carbocycles. The van der Waals surface area contributed by atoms with Gasteiger partial charge in [-0.2, -0.15) is 0 Å². The number of carbonyl (C=O) groups is 1. The van der Waals surface area contributed by atoms with Gasteiger partial charge in [-0.1, -0.05) is 43.7 Å². The first-order valence-corrected chi connectivity index (χ1v) is 8.27. The van der Waals surface area contributed by atoms with Crippen LogP contribution >= 0.6 is 0 Å². The van der Waals surface area contributed by atoms with Crippen LogP contribution < -0.4 is 0 Å². The van der Waals surface area contributed by atoms with E-state index in [0.29, 0.717) is 17.3 Å². The summed E-state index contributed by atoms with van der Waals surface area (Å²) in [5.74, 6) is 0.309. The van der Waals surface area contributed by atoms with Gasteiger partial charge >= 0.3 is 5.97 Å². The molecule has 0 aromatic rings. The molecule has 0 aliphatic heterocycles. The van der Waals surface area contributed by atoms with Gasteiger partial charge in [0, 0.05) is 6.08 Å². The van der Waals surface area contributed by atoms with Crippen LogP contribution in [-0.4, -0.2) is 11.1 Å². The fourth-order valence-corrected chi connectivity index (χ4v) is 3.43. The second-order valence-corrected chi connectivity index (χ2v) is 7.44. The maximum Gasteiger partial charge on any atom is 0.328 e. The third-order valence-electron chi connectivity index (χ3n) is 4.90. The summed E-state index contributed by atoms with van der Waals surface area (Å²) < 4.78 is 0. The Bertz CT molecular complexity index is 558. The molecule has 0 unspecified atom stereocenters. The van der Waals surface area contributed by atoms with Crippen LogP contribution in [0.4, 0.5) is 0 Å². The molecule has 0 saturated heterocycles. The molecule has 2 aliphatic carbocycles. The van der Waals surface area contributed by atoms with Crippen molar-refractivity contribution >= 4 is 5.97 Å². The zero-order chi connectivity index (χ0) is 16.3. The van der Waals surface area contributed by atoms with Crippen molar-refractivity contribution in [3.63, 3.8) is 0 Å². The highest BCUT2D eigenvalue weighted by atomic mass is 16.4. The minimum absolute atomic E-state index is 0.305. The average molecular weight is 300 g/mol. The van der Waals surface area contributed by atoms with E-state index in [1.54, 1.807) is 5.57 Å². The number of hydrogen-bond donors (Lipinski definition) is 1. The van der Waals surface area contributed by atoms with E-state index in [4.69, 9.17) is 5.11 Å². The monoisotopic (exact) mass is 300 g/mol. The predicted octanol–water partition coefficient (Wildman–Crippen LogP) is 5.29. The largest absolute Gasteiger partial charge is 0.478 e. The van der Waals surface area contributed by atoms with Crippen molar-refractivity contribution < 1.29 is 9.90 Å². The highest BCUT2D eigenvalue weighted by Gasteiger charge is 2.33. The van der Waals surface area contributed by atoms with E-state index in [-0.39, 0.29) is 0 Å². The molecular formula is C20H28O2. The van der Waals surface area contributed by atoms with Crippen molar-refractivity contribution in [2.75, 3.05) is 0 Å². The molecule has 1 N–H and O–H groups in total. The Morgan fingerprint density at radius 2 is 1.95 bits per heavy atom. The normalized spacial score (nSPS) is 28.6. The Morgan fingerprint density at radius 3 is 2.59 bits per heavy atom. The summed E-state index contributed by atoms with van der Waals surface area (Å²) in [6.45, 7) is 8.79. The third-order valence-corrected chi connectivity index (χ3v) is 4.90. The number of hydrogen-bond acceptors (Lipinski definition) is 1. The first-order valence-electron chi connectivity index (χ1n) is 8.27. The molecule has 1 fully saturated rings. The van der Waals surface area contributed by atoms with Crippen molar-refractivity contribution in [1.82, 2.24) is 0 Å². The van der Waals surface area contributed by atoms with E-state index in [9.17, 15) is 4.79 Å². The summed E-state index contributed by atoms with van der Waals surface area (Å²) in [5, 5.41) is 8.69. The lowest BCUT2D eigenvalue weighted by Gasteiger charge is -2.33. The molecule has 0 radical (unpaired) electrons. The second kappa shape index (κ2) is 6.68. The van der Waals surface area contributed by atoms with Gasteiger partial charge in [0.2, 0.25) is 0 Å². The molecule has 2 aliphatic rings. The number of allylic oxidation sites excluding steroid dienone is 7. The van der Waals surface area contributed by atoms with Crippen molar-refractivity contribution in [2.45, 2.75) is 53.4 Å². The molecule has 2 atom stereocenters. The minimum Gasteiger partial charge on any atom is -0.478 e. The third kappa shape index (κ3) is 4.46. The first kappa shape index (κ1) is 16.8. The Hall–Kier alpha value is -1.57. The van der Waals surface area contributed by atoms with Crippen LogP contribution in [0.25, 0.3) is 0 Å². The topological polar surface area (TPSA) is 37.3 Å². The predicted molar refractivity (Wildman–Crippen MR) is 91.6 cm³/mol. The second-order valence-electron chi connectivity index (χ2n) is 7.44. The van der Waals surface area contributed by atoms with Gasteiger partial charge in [0.05, 0.1) is 0 Å². The van der Waals surface area contributed by atoms with E-state index in [2.05, 4.69) is 39.0 Å². The van der Waals surface area contributed by atoms with E-state index < -0.39 is 5.97 Å². The molecule has 2 heteroatoms. The molecule has 0 amide bonds. The lowest BCUT2D eigenvalue weighted by atomic mass is 9.72. The van der Waals surface area contributed by atoms with Gasteiger partial charge in [-0.05, 0) is 67.9 Å². The number of rotatable bonds is 5. The molecule has 1 saturated carbocycles. The SMILES string of the molecule is CC1=C(/C=C/[C@H]2C[C@H]2/C=C/C(C)=C/C(=O)O)C(C)(C)CCC1. The van der Waals surface area contributed by atoms with Crippen LogP contribution in [0.2, 0.25) is 0 Å². The van der Waals surface area contributed by atoms with Gasteiger partial charge in [0.1, 0.15) is 0 Å². The highest BCUT2D eigenvalue weighted by molar-refractivity contribution is 5.81. The van der Waals surface area contributed by atoms with Crippen molar-refractivity contribution in [3.8, 4) is 0 Å². The summed E-state index contributed by atoms with van der Waals surface area (Å²) in [6, 6.07) is 0. The van der Waals surface area contributed by atoms with Crippen LogP contribution in [0.5, 0.6) is 0 Å². The van der Waals surface area contributed by atoms with Gasteiger partial charge in [0.15, 0.2) is 0 Å². The van der Waals surface area contributed by atoms with Gasteiger partial charge in [0.25, 0.3) is 0 Å². The van der Waals surface area contributed by atoms with Gasteiger partial charge in [-0.15, -0.1) is 0 Å². The summed E-state index contributed by atoms with van der Waals surface area (Å²) in [6.07, 6.45) is 15.0. The Labute approximate surface area is 134 Å². The van der Waals surface area contributed by atoms with Crippen LogP contribution in [-0.2, 0) is 4.79 Å². The molecule has 120 valence electrons.